The van der Waals surface area contributed by atoms with E-state index in [0.29, 0.717) is 17.7 Å². The number of carboxylic acid groups (broad SMARTS) is 1. The molecule has 2 aliphatic rings. The third kappa shape index (κ3) is 2.61. The Hall–Kier alpha value is -2.19. The van der Waals surface area contributed by atoms with Crippen LogP contribution in [0.4, 0.5) is 5.69 Å². The molecule has 0 aliphatic carbocycles. The average molecular weight is 361 g/mol. The number of amides is 2. The maximum atomic E-state index is 12.7. The average Bonchev–Trinajstić information content (AvgIpc) is 2.98. The van der Waals surface area contributed by atoms with Gasteiger partial charge in [-0.1, -0.05) is 42.2 Å². The van der Waals surface area contributed by atoms with Crippen molar-refractivity contribution in [2.45, 2.75) is 13.3 Å². The van der Waals surface area contributed by atoms with Gasteiger partial charge in [0.1, 0.15) is 4.32 Å². The fourth-order valence-electron chi connectivity index (χ4n) is 2.76. The molecule has 6 nitrogen and oxygen atoms in total. The van der Waals surface area contributed by atoms with Gasteiger partial charge in [-0.15, -0.1) is 0 Å². The zero-order valence-electron chi connectivity index (χ0n) is 12.8. The molecule has 1 aromatic carbocycles. The maximum absolute atomic E-state index is 12.7. The van der Waals surface area contributed by atoms with Crippen LogP contribution in [0, 0.1) is 0 Å². The van der Waals surface area contributed by atoms with Gasteiger partial charge in [-0.3, -0.25) is 14.5 Å². The number of thioether (sulfide) groups is 1. The molecule has 1 fully saturated rings. The number of likely N-dealkylation sites (N-methyl/N-ethyl adjacent to an activating group) is 1. The van der Waals surface area contributed by atoms with Gasteiger partial charge in [0.2, 0.25) is 0 Å². The van der Waals surface area contributed by atoms with Gasteiger partial charge >= 0.3 is 0 Å². The Balaban J connectivity index is 2.04. The standard InChI is InChI=1S/C16H14N2O4S2/c1-2-17-10-6-4-3-5-9(10)12(14(17)21)13-15(22)18(16(23)24-13)8-7-11(19)20/h3-6H,2,7-8H2,1H3,(H,19,20)/p-1. The lowest BCUT2D eigenvalue weighted by Gasteiger charge is -2.14. The van der Waals surface area contributed by atoms with Crippen LogP contribution in [-0.2, 0) is 14.4 Å². The molecule has 2 heterocycles. The number of carbonyl (C=O) groups excluding carboxylic acids is 3. The number of anilines is 1. The number of rotatable bonds is 4. The SMILES string of the molecule is CCN1C(=O)C(=C2SC(=S)N(CCC(=O)[O-])C2=O)c2ccccc21. The van der Waals surface area contributed by atoms with Crippen molar-refractivity contribution in [1.29, 1.82) is 0 Å². The highest BCUT2D eigenvalue weighted by Crippen LogP contribution is 2.44. The van der Waals surface area contributed by atoms with E-state index in [1.165, 1.54) is 4.90 Å². The lowest BCUT2D eigenvalue weighted by molar-refractivity contribution is -0.305. The van der Waals surface area contributed by atoms with Crippen LogP contribution in [0.25, 0.3) is 5.57 Å². The maximum Gasteiger partial charge on any atom is 0.267 e. The summed E-state index contributed by atoms with van der Waals surface area (Å²) in [5.41, 5.74) is 1.80. The predicted molar refractivity (Wildman–Crippen MR) is 92.9 cm³/mol. The van der Waals surface area contributed by atoms with Crippen LogP contribution in [-0.4, -0.2) is 40.1 Å². The first-order chi connectivity index (χ1) is 11.5. The molecule has 0 radical (unpaired) electrons. The summed E-state index contributed by atoms with van der Waals surface area (Å²) in [6.45, 7) is 2.30. The van der Waals surface area contributed by atoms with E-state index in [2.05, 4.69) is 0 Å². The monoisotopic (exact) mass is 361 g/mol. The molecule has 0 bridgehead atoms. The second-order valence-electron chi connectivity index (χ2n) is 5.22. The third-order valence-electron chi connectivity index (χ3n) is 3.86. The van der Waals surface area contributed by atoms with Gasteiger partial charge < -0.3 is 14.8 Å². The molecule has 0 N–H and O–H groups in total. The molecule has 0 unspecified atom stereocenters. The van der Waals surface area contributed by atoms with Crippen molar-refractivity contribution in [2.75, 3.05) is 18.0 Å². The molecule has 2 amide bonds. The molecule has 2 aliphatic heterocycles. The summed E-state index contributed by atoms with van der Waals surface area (Å²) in [4.78, 5) is 39.1. The van der Waals surface area contributed by atoms with E-state index in [1.54, 1.807) is 11.0 Å². The molecule has 1 saturated heterocycles. The summed E-state index contributed by atoms with van der Waals surface area (Å²) in [5, 5.41) is 10.6. The summed E-state index contributed by atoms with van der Waals surface area (Å²) in [6.07, 6.45) is -0.305. The van der Waals surface area contributed by atoms with Gasteiger partial charge in [0.15, 0.2) is 0 Å². The topological polar surface area (TPSA) is 80.8 Å². The summed E-state index contributed by atoms with van der Waals surface area (Å²) in [5.74, 6) is -1.92. The van der Waals surface area contributed by atoms with Gasteiger partial charge in [0, 0.05) is 31.0 Å². The fraction of sp³-hybridized carbons (Fsp3) is 0.250. The number of thiocarbonyl (C=S) groups is 1. The fourth-order valence-corrected chi connectivity index (χ4v) is 4.14. The number of aliphatic carboxylic acids is 1. The Bertz CT molecular complexity index is 803. The van der Waals surface area contributed by atoms with E-state index in [1.807, 2.05) is 25.1 Å². The highest BCUT2D eigenvalue weighted by Gasteiger charge is 2.41. The van der Waals surface area contributed by atoms with E-state index >= 15 is 0 Å². The Morgan fingerprint density at radius 3 is 2.58 bits per heavy atom. The van der Waals surface area contributed by atoms with E-state index in [-0.39, 0.29) is 28.1 Å². The van der Waals surface area contributed by atoms with Crippen molar-refractivity contribution in [3.8, 4) is 0 Å². The zero-order valence-corrected chi connectivity index (χ0v) is 14.4. The summed E-state index contributed by atoms with van der Waals surface area (Å²) in [6, 6.07) is 7.28. The van der Waals surface area contributed by atoms with Crippen LogP contribution in [0.1, 0.15) is 18.9 Å². The molecule has 0 aromatic heterocycles. The molecular weight excluding hydrogens is 348 g/mol. The molecule has 0 atom stereocenters. The van der Waals surface area contributed by atoms with E-state index < -0.39 is 11.9 Å². The largest absolute Gasteiger partial charge is 0.550 e. The number of hydrogen-bond acceptors (Lipinski definition) is 6. The highest BCUT2D eigenvalue weighted by molar-refractivity contribution is 8.26. The minimum atomic E-state index is -1.25. The number of fused-ring (bicyclic) bond motifs is 1. The molecular formula is C16H13N2O4S2-. The summed E-state index contributed by atoms with van der Waals surface area (Å²) in [7, 11) is 0. The lowest BCUT2D eigenvalue weighted by atomic mass is 10.1. The van der Waals surface area contributed by atoms with Gasteiger partial charge in [0.25, 0.3) is 11.8 Å². The van der Waals surface area contributed by atoms with Crippen molar-refractivity contribution < 1.29 is 19.5 Å². The van der Waals surface area contributed by atoms with Crippen LogP contribution in [0.15, 0.2) is 29.2 Å². The van der Waals surface area contributed by atoms with Crippen molar-refractivity contribution in [3.63, 3.8) is 0 Å². The van der Waals surface area contributed by atoms with E-state index in [0.717, 1.165) is 17.4 Å². The van der Waals surface area contributed by atoms with Crippen LogP contribution in [0.2, 0.25) is 0 Å². The van der Waals surface area contributed by atoms with Crippen LogP contribution in [0.3, 0.4) is 0 Å². The first-order valence-electron chi connectivity index (χ1n) is 7.34. The van der Waals surface area contributed by atoms with Crippen molar-refractivity contribution >= 4 is 57.3 Å². The van der Waals surface area contributed by atoms with Crippen molar-refractivity contribution in [2.24, 2.45) is 0 Å². The van der Waals surface area contributed by atoms with Crippen molar-refractivity contribution in [3.05, 3.63) is 34.7 Å². The highest BCUT2D eigenvalue weighted by atomic mass is 32.2. The molecule has 1 aromatic rings. The van der Waals surface area contributed by atoms with Gasteiger partial charge in [-0.2, -0.15) is 0 Å². The van der Waals surface area contributed by atoms with Gasteiger partial charge in [0.05, 0.1) is 16.2 Å². The predicted octanol–water partition coefficient (Wildman–Crippen LogP) is 0.764. The van der Waals surface area contributed by atoms with Crippen molar-refractivity contribution in [1.82, 2.24) is 4.90 Å². The number of nitrogens with zero attached hydrogens (tertiary/aromatic N) is 2. The van der Waals surface area contributed by atoms with Gasteiger partial charge in [-0.25, -0.2) is 0 Å². The number of benzene rings is 1. The molecule has 124 valence electrons. The quantitative estimate of drug-likeness (QED) is 0.582. The van der Waals surface area contributed by atoms with Crippen LogP contribution in [0.5, 0.6) is 0 Å². The second kappa shape index (κ2) is 6.37. The third-order valence-corrected chi connectivity index (χ3v) is 5.30. The second-order valence-corrected chi connectivity index (χ2v) is 6.86. The molecule has 24 heavy (non-hydrogen) atoms. The minimum absolute atomic E-state index is 0.0584. The molecule has 3 rings (SSSR count). The number of para-hydroxylation sites is 1. The normalized spacial score (nSPS) is 20.1. The first kappa shape index (κ1) is 16.7. The molecule has 8 heteroatoms. The zero-order chi connectivity index (χ0) is 17.4. The van der Waals surface area contributed by atoms with Crippen LogP contribution >= 0.6 is 24.0 Å². The van der Waals surface area contributed by atoms with E-state index in [4.69, 9.17) is 12.2 Å². The first-order valence-corrected chi connectivity index (χ1v) is 8.57. The van der Waals surface area contributed by atoms with E-state index in [9.17, 15) is 19.5 Å². The minimum Gasteiger partial charge on any atom is -0.550 e. The number of hydrogen-bond donors (Lipinski definition) is 0. The number of carbonyl (C=O) groups is 3. The summed E-state index contributed by atoms with van der Waals surface area (Å²) < 4.78 is 0.254. The van der Waals surface area contributed by atoms with Gasteiger partial charge in [-0.05, 0) is 13.0 Å². The molecule has 0 spiro atoms. The van der Waals surface area contributed by atoms with Crippen LogP contribution < -0.4 is 10.0 Å². The summed E-state index contributed by atoms with van der Waals surface area (Å²) >= 11 is 6.21. The Morgan fingerprint density at radius 1 is 1.21 bits per heavy atom. The molecule has 0 saturated carbocycles. The Kier molecular flexibility index (Phi) is 4.42. The Labute approximate surface area is 148 Å². The smallest absolute Gasteiger partial charge is 0.267 e. The Morgan fingerprint density at radius 2 is 1.92 bits per heavy atom. The lowest BCUT2D eigenvalue weighted by Crippen LogP contribution is -2.34. The number of carboxylic acids is 1.